The van der Waals surface area contributed by atoms with E-state index < -0.39 is 0 Å². The fraction of sp³-hybridized carbons (Fsp3) is 0.250. The molecule has 2 rings (SSSR count). The van der Waals surface area contributed by atoms with E-state index in [4.69, 9.17) is 0 Å². The minimum absolute atomic E-state index is 0.0399. The van der Waals surface area contributed by atoms with Gasteiger partial charge in [-0.05, 0) is 17.9 Å². The van der Waals surface area contributed by atoms with Crippen molar-refractivity contribution in [1.82, 2.24) is 9.55 Å². The Morgan fingerprint density at radius 3 is 3.08 bits per heavy atom. The third-order valence-corrected chi connectivity index (χ3v) is 2.89. The van der Waals surface area contributed by atoms with Crippen LogP contribution in [0.25, 0.3) is 10.2 Å². The Bertz CT molecular complexity index is 483. The normalized spacial score (nSPS) is 10.8. The third kappa shape index (κ3) is 0.881. The average molecular weight is 180 g/mol. The van der Waals surface area contributed by atoms with Gasteiger partial charge in [0.15, 0.2) is 0 Å². The summed E-state index contributed by atoms with van der Waals surface area (Å²) in [7, 11) is 1.71. The lowest BCUT2D eigenvalue weighted by atomic mass is 10.3. The monoisotopic (exact) mass is 180 g/mol. The molecular weight excluding hydrogens is 172 g/mol. The predicted octanol–water partition coefficient (Wildman–Crippen LogP) is 1.30. The fourth-order valence-corrected chi connectivity index (χ4v) is 2.08. The molecule has 0 aliphatic carbocycles. The average Bonchev–Trinajstić information content (AvgIpc) is 2.41. The lowest BCUT2D eigenvalue weighted by molar-refractivity contribution is 0.845. The first-order valence-corrected chi connectivity index (χ1v) is 4.47. The van der Waals surface area contributed by atoms with Gasteiger partial charge in [-0.3, -0.25) is 4.79 Å². The minimum Gasteiger partial charge on any atom is -0.301 e. The Labute approximate surface area is 73.3 Å². The molecule has 0 saturated carbocycles. The standard InChI is InChI=1S/C8H8N2OS/c1-5-3-12-7-6(5)9-4-10(2)8(7)11/h3-4H,1-2H3. The number of thiophene rings is 1. The van der Waals surface area contributed by atoms with Gasteiger partial charge in [0.05, 0.1) is 11.8 Å². The van der Waals surface area contributed by atoms with E-state index in [0.717, 1.165) is 15.8 Å². The van der Waals surface area contributed by atoms with Gasteiger partial charge in [-0.2, -0.15) is 0 Å². The van der Waals surface area contributed by atoms with Gasteiger partial charge < -0.3 is 4.57 Å². The molecule has 0 spiro atoms. The van der Waals surface area contributed by atoms with Crippen LogP contribution in [0.3, 0.4) is 0 Å². The van der Waals surface area contributed by atoms with Crippen molar-refractivity contribution in [3.8, 4) is 0 Å². The topological polar surface area (TPSA) is 34.9 Å². The molecule has 0 fully saturated rings. The Kier molecular flexibility index (Phi) is 1.51. The molecule has 0 aliphatic heterocycles. The van der Waals surface area contributed by atoms with E-state index in [0.29, 0.717) is 0 Å². The summed E-state index contributed by atoms with van der Waals surface area (Å²) >= 11 is 1.46. The molecule has 2 aromatic heterocycles. The quantitative estimate of drug-likeness (QED) is 0.612. The zero-order chi connectivity index (χ0) is 8.72. The summed E-state index contributed by atoms with van der Waals surface area (Å²) in [6.07, 6.45) is 1.56. The Balaban J connectivity index is 3.03. The fourth-order valence-electron chi connectivity index (χ4n) is 1.11. The van der Waals surface area contributed by atoms with Crippen molar-refractivity contribution in [1.29, 1.82) is 0 Å². The van der Waals surface area contributed by atoms with Gasteiger partial charge in [-0.15, -0.1) is 11.3 Å². The number of hydrogen-bond acceptors (Lipinski definition) is 3. The molecule has 0 saturated heterocycles. The lowest BCUT2D eigenvalue weighted by Crippen LogP contribution is -2.15. The van der Waals surface area contributed by atoms with Crippen LogP contribution in [0.2, 0.25) is 0 Å². The molecule has 3 nitrogen and oxygen atoms in total. The second-order valence-electron chi connectivity index (χ2n) is 2.76. The number of nitrogens with zero attached hydrogens (tertiary/aromatic N) is 2. The van der Waals surface area contributed by atoms with Crippen molar-refractivity contribution in [2.24, 2.45) is 7.05 Å². The van der Waals surface area contributed by atoms with Crippen LogP contribution in [-0.4, -0.2) is 9.55 Å². The number of aryl methyl sites for hydroxylation is 2. The van der Waals surface area contributed by atoms with Crippen LogP contribution >= 0.6 is 11.3 Å². The SMILES string of the molecule is Cc1csc2c(=O)n(C)cnc12. The van der Waals surface area contributed by atoms with E-state index >= 15 is 0 Å². The Hall–Kier alpha value is -1.16. The first-order valence-electron chi connectivity index (χ1n) is 3.59. The molecule has 0 bridgehead atoms. The van der Waals surface area contributed by atoms with E-state index in [1.54, 1.807) is 13.4 Å². The smallest absolute Gasteiger partial charge is 0.271 e. The first kappa shape index (κ1) is 7.49. The van der Waals surface area contributed by atoms with Gasteiger partial charge in [0.25, 0.3) is 5.56 Å². The predicted molar refractivity (Wildman–Crippen MR) is 49.6 cm³/mol. The molecule has 4 heteroatoms. The third-order valence-electron chi connectivity index (χ3n) is 1.82. The zero-order valence-electron chi connectivity index (χ0n) is 6.87. The maximum atomic E-state index is 11.5. The molecule has 0 aromatic carbocycles. The van der Waals surface area contributed by atoms with Crippen LogP contribution in [0.4, 0.5) is 0 Å². The first-order chi connectivity index (χ1) is 5.70. The maximum absolute atomic E-state index is 11.5. The van der Waals surface area contributed by atoms with E-state index in [1.165, 1.54) is 15.9 Å². The summed E-state index contributed by atoms with van der Waals surface area (Å²) in [4.78, 5) is 15.6. The molecule has 62 valence electrons. The largest absolute Gasteiger partial charge is 0.301 e. The number of rotatable bonds is 0. The molecule has 0 amide bonds. The second-order valence-corrected chi connectivity index (χ2v) is 3.64. The van der Waals surface area contributed by atoms with Crippen molar-refractivity contribution in [2.75, 3.05) is 0 Å². The highest BCUT2D eigenvalue weighted by Gasteiger charge is 2.05. The van der Waals surface area contributed by atoms with E-state index in [1.807, 2.05) is 12.3 Å². The molecule has 2 heterocycles. The Morgan fingerprint density at radius 1 is 1.58 bits per heavy atom. The van der Waals surface area contributed by atoms with E-state index in [2.05, 4.69) is 4.98 Å². The highest BCUT2D eigenvalue weighted by molar-refractivity contribution is 7.17. The summed E-state index contributed by atoms with van der Waals surface area (Å²) in [5.41, 5.74) is 1.95. The van der Waals surface area contributed by atoms with Crippen LogP contribution in [-0.2, 0) is 7.05 Å². The van der Waals surface area contributed by atoms with Crippen molar-refractivity contribution >= 4 is 21.6 Å². The molecule has 2 aromatic rings. The summed E-state index contributed by atoms with van der Waals surface area (Å²) < 4.78 is 2.25. The lowest BCUT2D eigenvalue weighted by Gasteiger charge is -1.94. The number of hydrogen-bond donors (Lipinski definition) is 0. The van der Waals surface area contributed by atoms with Crippen molar-refractivity contribution in [3.05, 3.63) is 27.6 Å². The van der Waals surface area contributed by atoms with Crippen molar-refractivity contribution in [2.45, 2.75) is 6.92 Å². The molecule has 0 aliphatic rings. The van der Waals surface area contributed by atoms with Gasteiger partial charge in [0.2, 0.25) is 0 Å². The summed E-state index contributed by atoms with van der Waals surface area (Å²) in [6.45, 7) is 1.96. The summed E-state index contributed by atoms with van der Waals surface area (Å²) in [6, 6.07) is 0. The van der Waals surface area contributed by atoms with Crippen LogP contribution in [0.1, 0.15) is 5.56 Å². The highest BCUT2D eigenvalue weighted by Crippen LogP contribution is 2.18. The number of aromatic nitrogens is 2. The summed E-state index contributed by atoms with van der Waals surface area (Å²) in [5.74, 6) is 0. The van der Waals surface area contributed by atoms with Crippen molar-refractivity contribution < 1.29 is 0 Å². The van der Waals surface area contributed by atoms with Gasteiger partial charge >= 0.3 is 0 Å². The van der Waals surface area contributed by atoms with Crippen LogP contribution in [0.15, 0.2) is 16.5 Å². The van der Waals surface area contributed by atoms with Crippen LogP contribution in [0, 0.1) is 6.92 Å². The zero-order valence-corrected chi connectivity index (χ0v) is 7.68. The molecule has 12 heavy (non-hydrogen) atoms. The van der Waals surface area contributed by atoms with Crippen molar-refractivity contribution in [3.63, 3.8) is 0 Å². The van der Waals surface area contributed by atoms with Crippen LogP contribution < -0.4 is 5.56 Å². The molecule has 0 N–H and O–H groups in total. The molecule has 0 radical (unpaired) electrons. The molecule has 0 unspecified atom stereocenters. The van der Waals surface area contributed by atoms with Gasteiger partial charge in [-0.25, -0.2) is 4.98 Å². The molecular formula is C8H8N2OS. The minimum atomic E-state index is 0.0399. The number of fused-ring (bicyclic) bond motifs is 1. The van der Waals surface area contributed by atoms with E-state index in [-0.39, 0.29) is 5.56 Å². The molecule has 0 atom stereocenters. The van der Waals surface area contributed by atoms with Crippen LogP contribution in [0.5, 0.6) is 0 Å². The highest BCUT2D eigenvalue weighted by atomic mass is 32.1. The maximum Gasteiger partial charge on any atom is 0.271 e. The summed E-state index contributed by atoms with van der Waals surface area (Å²) in [5, 5.41) is 1.96. The Morgan fingerprint density at radius 2 is 2.33 bits per heavy atom. The van der Waals surface area contributed by atoms with Gasteiger partial charge in [-0.1, -0.05) is 0 Å². The van der Waals surface area contributed by atoms with Gasteiger partial charge in [0, 0.05) is 7.05 Å². The van der Waals surface area contributed by atoms with E-state index in [9.17, 15) is 4.79 Å². The second kappa shape index (κ2) is 2.42. The van der Waals surface area contributed by atoms with Gasteiger partial charge in [0.1, 0.15) is 4.70 Å².